The standard InChI is InChI=1S/C18H24O3/c1-20-16-6-3-7-17(11-16)21-12-18(19)15-9-8-13-4-2-5-14(13)10-15/h8-10,16-17H,2-7,11-12H2,1H3. The topological polar surface area (TPSA) is 35.5 Å². The molecule has 0 heterocycles. The van der Waals surface area contributed by atoms with E-state index in [4.69, 9.17) is 9.47 Å². The van der Waals surface area contributed by atoms with Gasteiger partial charge in [-0.2, -0.15) is 0 Å². The van der Waals surface area contributed by atoms with Crippen LogP contribution >= 0.6 is 0 Å². The minimum Gasteiger partial charge on any atom is -0.381 e. The van der Waals surface area contributed by atoms with E-state index in [2.05, 4.69) is 12.1 Å². The summed E-state index contributed by atoms with van der Waals surface area (Å²) in [6, 6.07) is 6.12. The smallest absolute Gasteiger partial charge is 0.188 e. The Balaban J connectivity index is 1.54. The van der Waals surface area contributed by atoms with Crippen LogP contribution < -0.4 is 0 Å². The summed E-state index contributed by atoms with van der Waals surface area (Å²) < 4.78 is 11.2. The first kappa shape index (κ1) is 14.7. The number of hydrogen-bond donors (Lipinski definition) is 0. The second-order valence-corrected chi connectivity index (χ2v) is 6.22. The Morgan fingerprint density at radius 2 is 1.95 bits per heavy atom. The highest BCUT2D eigenvalue weighted by Crippen LogP contribution is 2.25. The minimum atomic E-state index is 0.101. The molecule has 0 saturated heterocycles. The number of Topliss-reactive ketones (excluding diaryl/α,β-unsaturated/α-hetero) is 1. The molecule has 0 N–H and O–H groups in total. The fourth-order valence-electron chi connectivity index (χ4n) is 3.49. The molecule has 2 aliphatic rings. The van der Waals surface area contributed by atoms with E-state index in [0.717, 1.165) is 44.1 Å². The fraction of sp³-hybridized carbons (Fsp3) is 0.611. The van der Waals surface area contributed by atoms with Crippen LogP contribution in [0, 0.1) is 0 Å². The second-order valence-electron chi connectivity index (χ2n) is 6.22. The molecule has 2 aliphatic carbocycles. The monoisotopic (exact) mass is 288 g/mol. The van der Waals surface area contributed by atoms with Crippen molar-refractivity contribution in [1.29, 1.82) is 0 Å². The molecule has 114 valence electrons. The Kier molecular flexibility index (Phi) is 4.71. The zero-order chi connectivity index (χ0) is 14.7. The van der Waals surface area contributed by atoms with Gasteiger partial charge in [-0.05, 0) is 62.1 Å². The second kappa shape index (κ2) is 6.71. The van der Waals surface area contributed by atoms with Crippen molar-refractivity contribution in [3.05, 3.63) is 34.9 Å². The van der Waals surface area contributed by atoms with Gasteiger partial charge in [0.1, 0.15) is 6.61 Å². The van der Waals surface area contributed by atoms with Crippen molar-refractivity contribution >= 4 is 5.78 Å². The molecule has 0 aliphatic heterocycles. The van der Waals surface area contributed by atoms with E-state index in [1.54, 1.807) is 7.11 Å². The van der Waals surface area contributed by atoms with Gasteiger partial charge in [0.05, 0.1) is 12.2 Å². The van der Waals surface area contributed by atoms with Crippen molar-refractivity contribution in [1.82, 2.24) is 0 Å². The van der Waals surface area contributed by atoms with Crippen LogP contribution in [0.25, 0.3) is 0 Å². The van der Waals surface area contributed by atoms with Crippen LogP contribution in [0.4, 0.5) is 0 Å². The lowest BCUT2D eigenvalue weighted by Gasteiger charge is -2.28. The van der Waals surface area contributed by atoms with Gasteiger partial charge in [-0.1, -0.05) is 12.1 Å². The maximum Gasteiger partial charge on any atom is 0.188 e. The summed E-state index contributed by atoms with van der Waals surface area (Å²) in [7, 11) is 1.75. The molecule has 1 fully saturated rings. The molecule has 3 heteroatoms. The van der Waals surface area contributed by atoms with Gasteiger partial charge in [0.25, 0.3) is 0 Å². The molecule has 0 spiro atoms. The van der Waals surface area contributed by atoms with Gasteiger partial charge in [0, 0.05) is 12.7 Å². The van der Waals surface area contributed by atoms with E-state index in [1.165, 1.54) is 17.5 Å². The number of ketones is 1. The van der Waals surface area contributed by atoms with Gasteiger partial charge in [-0.25, -0.2) is 0 Å². The highest BCUT2D eigenvalue weighted by Gasteiger charge is 2.23. The van der Waals surface area contributed by atoms with E-state index in [0.29, 0.717) is 6.10 Å². The summed E-state index contributed by atoms with van der Waals surface area (Å²) in [5.74, 6) is 0.101. The van der Waals surface area contributed by atoms with Gasteiger partial charge >= 0.3 is 0 Å². The average molecular weight is 288 g/mol. The molecular formula is C18H24O3. The van der Waals surface area contributed by atoms with Crippen molar-refractivity contribution in [2.75, 3.05) is 13.7 Å². The van der Waals surface area contributed by atoms with Crippen molar-refractivity contribution in [3.8, 4) is 0 Å². The molecule has 2 atom stereocenters. The number of benzene rings is 1. The molecule has 0 aromatic heterocycles. The Labute approximate surface area is 126 Å². The van der Waals surface area contributed by atoms with Crippen molar-refractivity contribution in [2.45, 2.75) is 57.2 Å². The summed E-state index contributed by atoms with van der Waals surface area (Å²) in [6.45, 7) is 0.194. The molecule has 3 nitrogen and oxygen atoms in total. The van der Waals surface area contributed by atoms with Crippen molar-refractivity contribution in [2.24, 2.45) is 0 Å². The van der Waals surface area contributed by atoms with E-state index in [-0.39, 0.29) is 18.5 Å². The molecule has 0 bridgehead atoms. The molecule has 2 unspecified atom stereocenters. The van der Waals surface area contributed by atoms with Gasteiger partial charge in [0.15, 0.2) is 5.78 Å². The van der Waals surface area contributed by atoms with Crippen LogP contribution in [0.2, 0.25) is 0 Å². The van der Waals surface area contributed by atoms with Crippen LogP contribution in [-0.4, -0.2) is 31.7 Å². The van der Waals surface area contributed by atoms with E-state index in [9.17, 15) is 4.79 Å². The highest BCUT2D eigenvalue weighted by atomic mass is 16.5. The molecule has 21 heavy (non-hydrogen) atoms. The Bertz CT molecular complexity index is 509. The number of aryl methyl sites for hydroxylation is 2. The first-order valence-electron chi connectivity index (χ1n) is 8.05. The van der Waals surface area contributed by atoms with Crippen LogP contribution in [0.1, 0.15) is 53.6 Å². The van der Waals surface area contributed by atoms with Gasteiger partial charge in [-0.3, -0.25) is 4.79 Å². The summed E-state index contributed by atoms with van der Waals surface area (Å²) in [6.07, 6.45) is 8.11. The Morgan fingerprint density at radius 1 is 1.14 bits per heavy atom. The lowest BCUT2D eigenvalue weighted by molar-refractivity contribution is -0.0243. The minimum absolute atomic E-state index is 0.101. The zero-order valence-corrected chi connectivity index (χ0v) is 12.8. The van der Waals surface area contributed by atoms with Crippen LogP contribution in [0.5, 0.6) is 0 Å². The zero-order valence-electron chi connectivity index (χ0n) is 12.8. The maximum atomic E-state index is 12.3. The van der Waals surface area contributed by atoms with E-state index in [1.807, 2.05) is 6.07 Å². The molecule has 0 radical (unpaired) electrons. The third-order valence-corrected chi connectivity index (χ3v) is 4.78. The molecule has 1 aromatic rings. The van der Waals surface area contributed by atoms with Crippen LogP contribution in [0.3, 0.4) is 0 Å². The molecule has 1 saturated carbocycles. The number of carbonyl (C=O) groups excluding carboxylic acids is 1. The third-order valence-electron chi connectivity index (χ3n) is 4.78. The highest BCUT2D eigenvalue weighted by molar-refractivity contribution is 5.97. The predicted molar refractivity (Wildman–Crippen MR) is 81.8 cm³/mol. The quantitative estimate of drug-likeness (QED) is 0.780. The summed E-state index contributed by atoms with van der Waals surface area (Å²) in [5.41, 5.74) is 3.55. The lowest BCUT2D eigenvalue weighted by atomic mass is 9.95. The SMILES string of the molecule is COC1CCCC(OCC(=O)c2ccc3c(c2)CCC3)C1. The third kappa shape index (κ3) is 3.53. The number of fused-ring (bicyclic) bond motifs is 1. The summed E-state index contributed by atoms with van der Waals surface area (Å²) in [4.78, 5) is 12.3. The molecular weight excluding hydrogens is 264 g/mol. The first-order valence-corrected chi connectivity index (χ1v) is 8.05. The molecule has 0 amide bonds. The summed E-state index contributed by atoms with van der Waals surface area (Å²) >= 11 is 0. The number of rotatable bonds is 5. The Hall–Kier alpha value is -1.19. The number of ether oxygens (including phenoxy) is 2. The lowest BCUT2D eigenvalue weighted by Crippen LogP contribution is -2.29. The number of methoxy groups -OCH3 is 1. The van der Waals surface area contributed by atoms with Crippen LogP contribution in [-0.2, 0) is 22.3 Å². The number of hydrogen-bond acceptors (Lipinski definition) is 3. The van der Waals surface area contributed by atoms with Crippen molar-refractivity contribution in [3.63, 3.8) is 0 Å². The van der Waals surface area contributed by atoms with Gasteiger partial charge in [0.2, 0.25) is 0 Å². The molecule has 1 aromatic carbocycles. The first-order chi connectivity index (χ1) is 10.3. The number of carbonyl (C=O) groups is 1. The van der Waals surface area contributed by atoms with Crippen molar-refractivity contribution < 1.29 is 14.3 Å². The van der Waals surface area contributed by atoms with Gasteiger partial charge < -0.3 is 9.47 Å². The normalized spacial score (nSPS) is 24.8. The fourth-order valence-corrected chi connectivity index (χ4v) is 3.49. The largest absolute Gasteiger partial charge is 0.381 e. The Morgan fingerprint density at radius 3 is 2.81 bits per heavy atom. The van der Waals surface area contributed by atoms with E-state index >= 15 is 0 Å². The maximum absolute atomic E-state index is 12.3. The predicted octanol–water partition coefficient (Wildman–Crippen LogP) is 3.33. The average Bonchev–Trinajstić information content (AvgIpc) is 3.00. The summed E-state index contributed by atoms with van der Waals surface area (Å²) in [5, 5.41) is 0. The van der Waals surface area contributed by atoms with E-state index < -0.39 is 0 Å². The van der Waals surface area contributed by atoms with Gasteiger partial charge in [-0.15, -0.1) is 0 Å². The molecule has 3 rings (SSSR count). The van der Waals surface area contributed by atoms with Crippen LogP contribution in [0.15, 0.2) is 18.2 Å².